The van der Waals surface area contributed by atoms with Crippen molar-refractivity contribution in [2.45, 2.75) is 0 Å². The van der Waals surface area contributed by atoms with E-state index in [2.05, 4.69) is 146 Å². The number of aromatic nitrogens is 3. The van der Waals surface area contributed by atoms with Crippen LogP contribution in [0.2, 0.25) is 0 Å². The van der Waals surface area contributed by atoms with Crippen LogP contribution in [-0.4, -0.2) is 15.0 Å². The van der Waals surface area contributed by atoms with E-state index in [1.807, 2.05) is 29.5 Å². The monoisotopic (exact) mass is 665 g/mol. The zero-order chi connectivity index (χ0) is 33.5. The molecule has 0 unspecified atom stereocenters. The van der Waals surface area contributed by atoms with E-state index in [1.54, 1.807) is 0 Å². The molecule has 236 valence electrons. The third-order valence-electron chi connectivity index (χ3n) is 10.3. The van der Waals surface area contributed by atoms with Gasteiger partial charge in [-0.1, -0.05) is 152 Å². The van der Waals surface area contributed by atoms with Crippen LogP contribution in [0, 0.1) is 0 Å². The third-order valence-corrected chi connectivity index (χ3v) is 11.4. The molecule has 0 saturated carbocycles. The first-order valence-electron chi connectivity index (χ1n) is 17.2. The van der Waals surface area contributed by atoms with Crippen molar-refractivity contribution in [2.75, 3.05) is 0 Å². The molecule has 10 aromatic rings. The molecule has 0 radical (unpaired) electrons. The highest BCUT2D eigenvalue weighted by Gasteiger charge is 2.29. The van der Waals surface area contributed by atoms with Crippen LogP contribution in [0.15, 0.2) is 164 Å². The van der Waals surface area contributed by atoms with Crippen LogP contribution in [0.3, 0.4) is 0 Å². The zero-order valence-electron chi connectivity index (χ0n) is 27.3. The van der Waals surface area contributed by atoms with Crippen molar-refractivity contribution in [1.29, 1.82) is 0 Å². The van der Waals surface area contributed by atoms with Gasteiger partial charge in [-0.2, -0.15) is 0 Å². The van der Waals surface area contributed by atoms with Crippen LogP contribution in [0.4, 0.5) is 0 Å². The molecule has 0 aliphatic heterocycles. The molecule has 51 heavy (non-hydrogen) atoms. The van der Waals surface area contributed by atoms with E-state index in [-0.39, 0.29) is 0 Å². The maximum absolute atomic E-state index is 5.37. The van der Waals surface area contributed by atoms with Crippen LogP contribution in [0.5, 0.6) is 0 Å². The number of benzene rings is 8. The highest BCUT2D eigenvalue weighted by atomic mass is 32.1. The molecule has 0 amide bonds. The highest BCUT2D eigenvalue weighted by molar-refractivity contribution is 7.26. The van der Waals surface area contributed by atoms with E-state index < -0.39 is 0 Å². The number of hydrogen-bond donors (Lipinski definition) is 0. The first-order chi connectivity index (χ1) is 25.3. The van der Waals surface area contributed by atoms with E-state index in [4.69, 9.17) is 15.0 Å². The molecule has 11 rings (SSSR count). The standard InChI is InChI=1S/C47H27N3S/c1-2-12-31(13-3-1)45-48-46(32-25-23-29(24-26-32)34-19-8-14-28-11-4-5-17-33(28)34)50-47(49-45)44-42-37-21-10-16-30-15-9-20-35(41(30)37)38(42)27-40-43(44)36-18-6-7-22-39(36)51-40/h1-27H. The van der Waals surface area contributed by atoms with Gasteiger partial charge < -0.3 is 0 Å². The molecule has 0 atom stereocenters. The summed E-state index contributed by atoms with van der Waals surface area (Å²) in [6.45, 7) is 0. The average Bonchev–Trinajstić information content (AvgIpc) is 3.73. The molecular formula is C47H27N3S. The molecule has 0 bridgehead atoms. The number of hydrogen-bond acceptors (Lipinski definition) is 4. The number of thiophene rings is 1. The summed E-state index contributed by atoms with van der Waals surface area (Å²) in [5.74, 6) is 2.00. The van der Waals surface area contributed by atoms with Gasteiger partial charge in [0, 0.05) is 42.4 Å². The van der Waals surface area contributed by atoms with Crippen molar-refractivity contribution >= 4 is 53.1 Å². The summed E-state index contributed by atoms with van der Waals surface area (Å²) in [6.07, 6.45) is 0. The second-order valence-electron chi connectivity index (χ2n) is 13.1. The van der Waals surface area contributed by atoms with Gasteiger partial charge in [-0.05, 0) is 61.5 Å². The Morgan fingerprint density at radius 2 is 0.922 bits per heavy atom. The van der Waals surface area contributed by atoms with Crippen molar-refractivity contribution < 1.29 is 0 Å². The first-order valence-corrected chi connectivity index (χ1v) is 18.0. The van der Waals surface area contributed by atoms with E-state index in [0.29, 0.717) is 17.5 Å². The van der Waals surface area contributed by atoms with E-state index in [9.17, 15) is 0 Å². The van der Waals surface area contributed by atoms with Crippen molar-refractivity contribution in [3.05, 3.63) is 164 Å². The SMILES string of the molecule is c1ccc(-c2nc(-c3ccc(-c4cccc5ccccc45)cc3)nc(-c3c4c(cc5sc6ccccc6c35)-c3cccc5cccc-4c35)n2)cc1. The Morgan fingerprint density at radius 3 is 1.73 bits per heavy atom. The smallest absolute Gasteiger partial charge is 0.165 e. The molecule has 1 aliphatic carbocycles. The predicted molar refractivity (Wildman–Crippen MR) is 214 cm³/mol. The van der Waals surface area contributed by atoms with Crippen molar-refractivity contribution in [1.82, 2.24) is 15.0 Å². The molecule has 2 aromatic heterocycles. The Morgan fingerprint density at radius 1 is 0.333 bits per heavy atom. The van der Waals surface area contributed by atoms with E-state index in [0.717, 1.165) is 22.3 Å². The summed E-state index contributed by atoms with van der Waals surface area (Å²) >= 11 is 1.83. The molecule has 3 nitrogen and oxygen atoms in total. The lowest BCUT2D eigenvalue weighted by atomic mass is 9.93. The molecule has 0 spiro atoms. The molecule has 0 fully saturated rings. The van der Waals surface area contributed by atoms with Gasteiger partial charge in [0.05, 0.1) is 0 Å². The summed E-state index contributed by atoms with van der Waals surface area (Å²) in [5, 5.41) is 7.42. The van der Waals surface area contributed by atoms with Gasteiger partial charge in [-0.3, -0.25) is 0 Å². The summed E-state index contributed by atoms with van der Waals surface area (Å²) in [5.41, 5.74) is 10.3. The molecule has 0 saturated heterocycles. The topological polar surface area (TPSA) is 38.7 Å². The number of nitrogens with zero attached hydrogens (tertiary/aromatic N) is 3. The molecule has 0 N–H and O–H groups in total. The van der Waals surface area contributed by atoms with Gasteiger partial charge in [-0.25, -0.2) is 15.0 Å². The quantitative estimate of drug-likeness (QED) is 0.188. The van der Waals surface area contributed by atoms with Gasteiger partial charge in [0.25, 0.3) is 0 Å². The molecule has 2 heterocycles. The number of fused-ring (bicyclic) bond motifs is 7. The van der Waals surface area contributed by atoms with Crippen LogP contribution in [-0.2, 0) is 0 Å². The van der Waals surface area contributed by atoms with E-state index in [1.165, 1.54) is 69.5 Å². The lowest BCUT2D eigenvalue weighted by Crippen LogP contribution is -2.01. The Labute approximate surface area is 298 Å². The van der Waals surface area contributed by atoms with Crippen LogP contribution in [0.1, 0.15) is 0 Å². The Bertz CT molecular complexity index is 3010. The lowest BCUT2D eigenvalue weighted by molar-refractivity contribution is 1.08. The minimum Gasteiger partial charge on any atom is -0.208 e. The minimum atomic E-state index is 0.655. The van der Waals surface area contributed by atoms with Gasteiger partial charge in [-0.15, -0.1) is 11.3 Å². The third kappa shape index (κ3) is 4.33. The van der Waals surface area contributed by atoms with Gasteiger partial charge in [0.1, 0.15) is 0 Å². The highest BCUT2D eigenvalue weighted by Crippen LogP contribution is 2.55. The molecule has 8 aromatic carbocycles. The molecule has 4 heteroatoms. The lowest BCUT2D eigenvalue weighted by Gasteiger charge is -2.14. The Hall–Kier alpha value is -6.49. The van der Waals surface area contributed by atoms with Gasteiger partial charge >= 0.3 is 0 Å². The Kier molecular flexibility index (Phi) is 6.12. The fraction of sp³-hybridized carbons (Fsp3) is 0. The second-order valence-corrected chi connectivity index (χ2v) is 14.2. The zero-order valence-corrected chi connectivity index (χ0v) is 28.2. The number of rotatable bonds is 4. The first kappa shape index (κ1) is 28.4. The minimum absolute atomic E-state index is 0.655. The summed E-state index contributed by atoms with van der Waals surface area (Å²) < 4.78 is 2.49. The van der Waals surface area contributed by atoms with Gasteiger partial charge in [0.2, 0.25) is 0 Å². The largest absolute Gasteiger partial charge is 0.208 e. The fourth-order valence-corrected chi connectivity index (χ4v) is 9.14. The van der Waals surface area contributed by atoms with Crippen LogP contribution < -0.4 is 0 Å². The maximum atomic E-state index is 5.37. The fourth-order valence-electron chi connectivity index (χ4n) is 7.99. The normalized spacial score (nSPS) is 11.9. The van der Waals surface area contributed by atoms with Crippen molar-refractivity contribution in [3.63, 3.8) is 0 Å². The molecular weight excluding hydrogens is 639 g/mol. The predicted octanol–water partition coefficient (Wildman–Crippen LogP) is 12.9. The van der Waals surface area contributed by atoms with Crippen molar-refractivity contribution in [2.24, 2.45) is 0 Å². The van der Waals surface area contributed by atoms with Crippen LogP contribution in [0.25, 0.3) is 109 Å². The molecule has 1 aliphatic rings. The van der Waals surface area contributed by atoms with E-state index >= 15 is 0 Å². The Balaban J connectivity index is 1.19. The summed E-state index contributed by atoms with van der Waals surface area (Å²) in [4.78, 5) is 15.8. The maximum Gasteiger partial charge on any atom is 0.165 e. The average molecular weight is 666 g/mol. The van der Waals surface area contributed by atoms with Crippen molar-refractivity contribution in [3.8, 4) is 67.5 Å². The second kappa shape index (κ2) is 11.0. The van der Waals surface area contributed by atoms with Gasteiger partial charge in [0.15, 0.2) is 17.5 Å². The van der Waals surface area contributed by atoms with Crippen LogP contribution >= 0.6 is 11.3 Å². The summed E-state index contributed by atoms with van der Waals surface area (Å²) in [6, 6.07) is 58.3. The summed E-state index contributed by atoms with van der Waals surface area (Å²) in [7, 11) is 0.